The summed E-state index contributed by atoms with van der Waals surface area (Å²) >= 11 is 0. The molecule has 1 saturated heterocycles. The monoisotopic (exact) mass is 325 g/mol. The molecular weight excluding hydrogens is 306 g/mol. The van der Waals surface area contributed by atoms with E-state index in [0.29, 0.717) is 31.1 Å². The number of morpholine rings is 1. The molecule has 7 nitrogen and oxygen atoms in total. The standard InChI is InChI=1S/C14H19N3O4S/c1-10-9-21-11(2)7-17(10)14(18)12-3-4-13-15-22(19,20)6-5-16(13)8-12/h3-4,8,10-11H,5-7,9H2,1-2H3. The van der Waals surface area contributed by atoms with Gasteiger partial charge in [-0.25, -0.2) is 8.42 Å². The molecule has 22 heavy (non-hydrogen) atoms. The maximum atomic E-state index is 12.7. The predicted octanol–water partition coefficient (Wildman–Crippen LogP) is 0.120. The van der Waals surface area contributed by atoms with Crippen LogP contribution in [0.3, 0.4) is 0 Å². The lowest BCUT2D eigenvalue weighted by molar-refractivity contribution is -0.138. The summed E-state index contributed by atoms with van der Waals surface area (Å²) in [4.78, 5) is 16.2. The molecule has 2 atom stereocenters. The molecule has 3 aliphatic heterocycles. The Bertz CT molecular complexity index is 680. The van der Waals surface area contributed by atoms with Crippen molar-refractivity contribution in [2.75, 3.05) is 25.4 Å². The van der Waals surface area contributed by atoms with E-state index in [9.17, 15) is 13.2 Å². The van der Waals surface area contributed by atoms with E-state index in [-0.39, 0.29) is 23.8 Å². The Morgan fingerprint density at radius 3 is 2.91 bits per heavy atom. The number of hydrogen-bond donors (Lipinski definition) is 0. The van der Waals surface area contributed by atoms with Crippen LogP contribution in [0.15, 0.2) is 28.3 Å². The highest BCUT2D eigenvalue weighted by atomic mass is 32.2. The van der Waals surface area contributed by atoms with Crippen LogP contribution in [0.2, 0.25) is 0 Å². The van der Waals surface area contributed by atoms with Gasteiger partial charge in [0.25, 0.3) is 15.9 Å². The quantitative estimate of drug-likeness (QED) is 0.684. The summed E-state index contributed by atoms with van der Waals surface area (Å²) in [5.41, 5.74) is 0.541. The Labute approximate surface area is 130 Å². The van der Waals surface area contributed by atoms with Gasteiger partial charge in [-0.3, -0.25) is 4.79 Å². The fourth-order valence-corrected chi connectivity index (χ4v) is 3.65. The van der Waals surface area contributed by atoms with E-state index < -0.39 is 10.0 Å². The summed E-state index contributed by atoms with van der Waals surface area (Å²) in [5.74, 6) is 0.269. The largest absolute Gasteiger partial charge is 0.375 e. The molecule has 3 aliphatic rings. The van der Waals surface area contributed by atoms with Crippen LogP contribution >= 0.6 is 0 Å². The molecule has 0 spiro atoms. The normalized spacial score (nSPS) is 30.5. The molecule has 0 aromatic carbocycles. The molecule has 0 aromatic rings. The lowest BCUT2D eigenvalue weighted by Crippen LogP contribution is -2.51. The number of hydrogen-bond acceptors (Lipinski definition) is 5. The van der Waals surface area contributed by atoms with E-state index in [0.717, 1.165) is 0 Å². The maximum Gasteiger partial charge on any atom is 0.256 e. The average Bonchev–Trinajstić information content (AvgIpc) is 2.47. The van der Waals surface area contributed by atoms with Gasteiger partial charge in [-0.05, 0) is 26.0 Å². The number of fused-ring (bicyclic) bond motifs is 1. The second-order valence-corrected chi connectivity index (χ2v) is 7.55. The number of amides is 1. The minimum absolute atomic E-state index is 0.0190. The first kappa shape index (κ1) is 15.2. The number of amidine groups is 1. The molecule has 0 N–H and O–H groups in total. The van der Waals surface area contributed by atoms with Crippen LogP contribution in [-0.2, 0) is 19.6 Å². The summed E-state index contributed by atoms with van der Waals surface area (Å²) in [6.45, 7) is 5.30. The Kier molecular flexibility index (Phi) is 3.82. The van der Waals surface area contributed by atoms with Crippen LogP contribution in [0, 0.1) is 0 Å². The minimum Gasteiger partial charge on any atom is -0.375 e. The van der Waals surface area contributed by atoms with Crippen molar-refractivity contribution >= 4 is 21.8 Å². The number of carbonyl (C=O) groups excluding carboxylic acids is 1. The van der Waals surface area contributed by atoms with Gasteiger partial charge in [-0.2, -0.15) is 0 Å². The Balaban J connectivity index is 1.81. The van der Waals surface area contributed by atoms with Crippen molar-refractivity contribution in [1.82, 2.24) is 9.80 Å². The van der Waals surface area contributed by atoms with Crippen molar-refractivity contribution < 1.29 is 17.9 Å². The Hall–Kier alpha value is -1.67. The van der Waals surface area contributed by atoms with Gasteiger partial charge in [0.2, 0.25) is 0 Å². The number of ether oxygens (including phenoxy) is 1. The first-order valence-electron chi connectivity index (χ1n) is 7.27. The van der Waals surface area contributed by atoms with Crippen molar-refractivity contribution in [3.05, 3.63) is 23.9 Å². The van der Waals surface area contributed by atoms with Crippen LogP contribution in [0.1, 0.15) is 13.8 Å². The van der Waals surface area contributed by atoms with Gasteiger partial charge in [-0.1, -0.05) is 0 Å². The minimum atomic E-state index is -3.37. The van der Waals surface area contributed by atoms with E-state index in [2.05, 4.69) is 4.40 Å². The summed E-state index contributed by atoms with van der Waals surface area (Å²) in [7, 11) is -3.37. The maximum absolute atomic E-state index is 12.7. The third kappa shape index (κ3) is 2.93. The fourth-order valence-electron chi connectivity index (χ4n) is 2.68. The summed E-state index contributed by atoms with van der Waals surface area (Å²) in [6, 6.07) is 0.0230. The van der Waals surface area contributed by atoms with Crippen molar-refractivity contribution in [2.45, 2.75) is 26.0 Å². The summed E-state index contributed by atoms with van der Waals surface area (Å²) in [5, 5.41) is 0. The zero-order chi connectivity index (χ0) is 15.9. The van der Waals surface area contributed by atoms with Gasteiger partial charge in [0.05, 0.1) is 30.1 Å². The van der Waals surface area contributed by atoms with Crippen LogP contribution < -0.4 is 0 Å². The van der Waals surface area contributed by atoms with Crippen molar-refractivity contribution in [3.8, 4) is 0 Å². The molecule has 2 unspecified atom stereocenters. The Morgan fingerprint density at radius 1 is 1.36 bits per heavy atom. The van der Waals surface area contributed by atoms with Gasteiger partial charge in [-0.15, -0.1) is 4.40 Å². The molecule has 0 saturated carbocycles. The molecule has 0 aromatic heterocycles. The molecule has 1 amide bonds. The van der Waals surface area contributed by atoms with Gasteiger partial charge in [0.1, 0.15) is 5.84 Å². The highest BCUT2D eigenvalue weighted by Gasteiger charge is 2.31. The molecule has 3 rings (SSSR count). The van der Waals surface area contributed by atoms with Crippen molar-refractivity contribution in [1.29, 1.82) is 0 Å². The van der Waals surface area contributed by atoms with E-state index in [4.69, 9.17) is 4.74 Å². The van der Waals surface area contributed by atoms with Gasteiger partial charge < -0.3 is 14.5 Å². The highest BCUT2D eigenvalue weighted by Crippen LogP contribution is 2.20. The molecular formula is C14H19N3O4S. The third-order valence-electron chi connectivity index (χ3n) is 3.94. The second kappa shape index (κ2) is 5.51. The molecule has 3 heterocycles. The molecule has 1 fully saturated rings. The fraction of sp³-hybridized carbons (Fsp3) is 0.571. The van der Waals surface area contributed by atoms with Crippen molar-refractivity contribution in [2.24, 2.45) is 4.40 Å². The van der Waals surface area contributed by atoms with Crippen LogP contribution in [0.25, 0.3) is 0 Å². The lowest BCUT2D eigenvalue weighted by Gasteiger charge is -2.37. The first-order valence-corrected chi connectivity index (χ1v) is 8.88. The Morgan fingerprint density at radius 2 is 2.14 bits per heavy atom. The molecule has 8 heteroatoms. The van der Waals surface area contributed by atoms with E-state index >= 15 is 0 Å². The average molecular weight is 325 g/mol. The zero-order valence-corrected chi connectivity index (χ0v) is 13.4. The van der Waals surface area contributed by atoms with Gasteiger partial charge in [0.15, 0.2) is 0 Å². The smallest absolute Gasteiger partial charge is 0.256 e. The molecule has 0 aliphatic carbocycles. The first-order chi connectivity index (χ1) is 10.4. The van der Waals surface area contributed by atoms with E-state index in [1.807, 2.05) is 13.8 Å². The van der Waals surface area contributed by atoms with Crippen LogP contribution in [0.5, 0.6) is 0 Å². The zero-order valence-electron chi connectivity index (χ0n) is 12.6. The van der Waals surface area contributed by atoms with Gasteiger partial charge in [0, 0.05) is 19.3 Å². The van der Waals surface area contributed by atoms with Gasteiger partial charge >= 0.3 is 0 Å². The number of nitrogens with zero attached hydrogens (tertiary/aromatic N) is 3. The molecule has 0 radical (unpaired) electrons. The van der Waals surface area contributed by atoms with E-state index in [1.54, 1.807) is 28.2 Å². The summed E-state index contributed by atoms with van der Waals surface area (Å²) < 4.78 is 32.2. The molecule has 120 valence electrons. The number of sulfonamides is 1. The topological polar surface area (TPSA) is 79.3 Å². The van der Waals surface area contributed by atoms with E-state index in [1.165, 1.54) is 0 Å². The van der Waals surface area contributed by atoms with Crippen LogP contribution in [0.4, 0.5) is 0 Å². The second-order valence-electron chi connectivity index (χ2n) is 5.80. The third-order valence-corrected chi connectivity index (χ3v) is 5.10. The molecule has 0 bridgehead atoms. The lowest BCUT2D eigenvalue weighted by atomic mass is 10.1. The highest BCUT2D eigenvalue weighted by molar-refractivity contribution is 7.90. The predicted molar refractivity (Wildman–Crippen MR) is 81.7 cm³/mol. The number of carbonyl (C=O) groups is 1. The number of rotatable bonds is 1. The SMILES string of the molecule is CC1CN(C(=O)C2=CN3CCS(=O)(=O)N=C3C=C2)C(C)CO1. The summed E-state index contributed by atoms with van der Waals surface area (Å²) in [6.07, 6.45) is 4.91. The van der Waals surface area contributed by atoms with Crippen molar-refractivity contribution in [3.63, 3.8) is 0 Å². The van der Waals surface area contributed by atoms with Crippen LogP contribution in [-0.4, -0.2) is 67.6 Å².